The van der Waals surface area contributed by atoms with Crippen molar-refractivity contribution in [2.24, 2.45) is 0 Å². The summed E-state index contributed by atoms with van der Waals surface area (Å²) in [4.78, 5) is 12.7. The van der Waals surface area contributed by atoms with Crippen molar-refractivity contribution < 1.29 is 4.79 Å². The van der Waals surface area contributed by atoms with E-state index in [2.05, 4.69) is 5.32 Å². The molecule has 0 heterocycles. The first kappa shape index (κ1) is 14.4. The van der Waals surface area contributed by atoms with Crippen LogP contribution in [0.15, 0.2) is 54.6 Å². The summed E-state index contributed by atoms with van der Waals surface area (Å²) < 4.78 is -1.05. The Labute approximate surface area is 134 Å². The van der Waals surface area contributed by atoms with Crippen LogP contribution in [0.1, 0.15) is 17.5 Å². The van der Waals surface area contributed by atoms with Crippen molar-refractivity contribution in [3.63, 3.8) is 0 Å². The minimum Gasteiger partial charge on any atom is -0.325 e. The summed E-state index contributed by atoms with van der Waals surface area (Å²) in [6.07, 6.45) is 0.421. The van der Waals surface area contributed by atoms with Gasteiger partial charge in [0.1, 0.15) is 9.75 Å². The van der Waals surface area contributed by atoms with E-state index in [4.69, 9.17) is 23.2 Å². The van der Waals surface area contributed by atoms with Crippen LogP contribution in [0, 0.1) is 6.92 Å². The maximum Gasteiger partial charge on any atom is 0.238 e. The number of rotatable bonds is 3. The van der Waals surface area contributed by atoms with Crippen molar-refractivity contribution in [2.45, 2.75) is 23.1 Å². The number of hydrogen-bond donors (Lipinski definition) is 1. The second-order valence-corrected chi connectivity index (χ2v) is 6.96. The van der Waals surface area contributed by atoms with Crippen LogP contribution in [0.25, 0.3) is 0 Å². The lowest BCUT2D eigenvalue weighted by Crippen LogP contribution is -2.32. The molecule has 1 fully saturated rings. The highest BCUT2D eigenvalue weighted by Crippen LogP contribution is 2.65. The van der Waals surface area contributed by atoms with Gasteiger partial charge in [-0.25, -0.2) is 0 Å². The maximum absolute atomic E-state index is 12.7. The zero-order valence-corrected chi connectivity index (χ0v) is 13.1. The molecular weight excluding hydrogens is 305 g/mol. The molecule has 1 N–H and O–H groups in total. The van der Waals surface area contributed by atoms with Gasteiger partial charge in [-0.3, -0.25) is 4.79 Å². The largest absolute Gasteiger partial charge is 0.325 e. The van der Waals surface area contributed by atoms with Crippen molar-refractivity contribution >= 4 is 34.8 Å². The zero-order chi connectivity index (χ0) is 15.1. The molecule has 1 atom stereocenters. The number of carbonyl (C=O) groups is 1. The van der Waals surface area contributed by atoms with Gasteiger partial charge in [-0.15, -0.1) is 23.2 Å². The number of alkyl halides is 2. The minimum atomic E-state index is -1.05. The smallest absolute Gasteiger partial charge is 0.238 e. The highest BCUT2D eigenvalue weighted by Gasteiger charge is 2.72. The number of nitrogens with one attached hydrogen (secondary N) is 1. The number of halogens is 2. The summed E-state index contributed by atoms with van der Waals surface area (Å²) in [5, 5.41) is 2.92. The highest BCUT2D eigenvalue weighted by atomic mass is 35.5. The van der Waals surface area contributed by atoms with Gasteiger partial charge in [0.2, 0.25) is 5.91 Å². The van der Waals surface area contributed by atoms with Gasteiger partial charge in [-0.2, -0.15) is 0 Å². The summed E-state index contributed by atoms with van der Waals surface area (Å²) in [5.74, 6) is -0.164. The molecule has 108 valence electrons. The van der Waals surface area contributed by atoms with Crippen LogP contribution in [0.5, 0.6) is 0 Å². The third-order valence-corrected chi connectivity index (χ3v) is 4.86. The van der Waals surface area contributed by atoms with E-state index in [1.165, 1.54) is 0 Å². The van der Waals surface area contributed by atoms with Gasteiger partial charge in [0.15, 0.2) is 0 Å². The summed E-state index contributed by atoms with van der Waals surface area (Å²) in [5.41, 5.74) is 1.86. The van der Waals surface area contributed by atoms with Crippen LogP contribution >= 0.6 is 23.2 Å². The number of amides is 1. The van der Waals surface area contributed by atoms with E-state index in [0.717, 1.165) is 16.8 Å². The van der Waals surface area contributed by atoms with Crippen molar-refractivity contribution in [1.29, 1.82) is 0 Å². The van der Waals surface area contributed by atoms with Crippen LogP contribution in [0.4, 0.5) is 5.69 Å². The number of anilines is 1. The lowest BCUT2D eigenvalue weighted by Gasteiger charge is -2.18. The van der Waals surface area contributed by atoms with Crippen LogP contribution in [0.3, 0.4) is 0 Å². The average molecular weight is 320 g/mol. The quantitative estimate of drug-likeness (QED) is 0.832. The van der Waals surface area contributed by atoms with Gasteiger partial charge in [0.25, 0.3) is 0 Å². The molecule has 2 nitrogen and oxygen atoms in total. The lowest BCUT2D eigenvalue weighted by atomic mass is 9.94. The van der Waals surface area contributed by atoms with E-state index in [1.807, 2.05) is 61.5 Å². The van der Waals surface area contributed by atoms with Crippen LogP contribution < -0.4 is 5.32 Å². The average Bonchev–Trinajstić information content (AvgIpc) is 3.07. The minimum absolute atomic E-state index is 0.164. The van der Waals surface area contributed by atoms with E-state index in [0.29, 0.717) is 6.42 Å². The highest BCUT2D eigenvalue weighted by molar-refractivity contribution is 6.54. The molecule has 0 aliphatic heterocycles. The molecule has 1 aliphatic rings. The van der Waals surface area contributed by atoms with Gasteiger partial charge >= 0.3 is 0 Å². The fraction of sp³-hybridized carbons (Fsp3) is 0.235. The Kier molecular flexibility index (Phi) is 3.46. The predicted molar refractivity (Wildman–Crippen MR) is 87.0 cm³/mol. The monoisotopic (exact) mass is 319 g/mol. The normalized spacial score (nSPS) is 22.6. The van der Waals surface area contributed by atoms with Gasteiger partial charge in [-0.1, -0.05) is 48.0 Å². The second kappa shape index (κ2) is 5.04. The van der Waals surface area contributed by atoms with Crippen molar-refractivity contribution in [1.82, 2.24) is 0 Å². The Morgan fingerprint density at radius 2 is 1.62 bits per heavy atom. The van der Waals surface area contributed by atoms with Crippen molar-refractivity contribution in [3.05, 3.63) is 65.7 Å². The molecular formula is C17H15Cl2NO. The first-order chi connectivity index (χ1) is 9.96. The molecule has 0 spiro atoms. The Morgan fingerprint density at radius 3 is 2.14 bits per heavy atom. The van der Waals surface area contributed by atoms with Crippen molar-refractivity contribution in [3.8, 4) is 0 Å². The summed E-state index contributed by atoms with van der Waals surface area (Å²) in [6.45, 7) is 2.00. The Morgan fingerprint density at radius 1 is 1.05 bits per heavy atom. The summed E-state index contributed by atoms with van der Waals surface area (Å²) in [6, 6.07) is 17.1. The van der Waals surface area contributed by atoms with Crippen molar-refractivity contribution in [2.75, 3.05) is 5.32 Å². The molecule has 2 aromatic rings. The lowest BCUT2D eigenvalue weighted by molar-refractivity contribution is -0.118. The first-order valence-electron chi connectivity index (χ1n) is 6.77. The topological polar surface area (TPSA) is 29.1 Å². The van der Waals surface area contributed by atoms with Gasteiger partial charge in [-0.05, 0) is 24.6 Å². The third kappa shape index (κ3) is 2.43. The Hall–Kier alpha value is -1.51. The Balaban J connectivity index is 1.89. The second-order valence-electron chi connectivity index (χ2n) is 5.47. The fourth-order valence-corrected chi connectivity index (χ4v) is 3.37. The van der Waals surface area contributed by atoms with E-state index in [-0.39, 0.29) is 5.91 Å². The SMILES string of the molecule is Cc1ccc(NC(=O)C2(c3ccccc3)CC2(Cl)Cl)cc1. The molecule has 4 heteroatoms. The van der Waals surface area contributed by atoms with Crippen LogP contribution in [-0.2, 0) is 10.2 Å². The molecule has 0 radical (unpaired) electrons. The number of aryl methyl sites for hydroxylation is 1. The fourth-order valence-electron chi connectivity index (χ4n) is 2.58. The number of hydrogen-bond acceptors (Lipinski definition) is 1. The summed E-state index contributed by atoms with van der Waals surface area (Å²) in [7, 11) is 0. The van der Waals surface area contributed by atoms with Crippen LogP contribution in [-0.4, -0.2) is 10.2 Å². The molecule has 21 heavy (non-hydrogen) atoms. The maximum atomic E-state index is 12.7. The van der Waals surface area contributed by atoms with Crippen LogP contribution in [0.2, 0.25) is 0 Å². The van der Waals surface area contributed by atoms with Gasteiger partial charge in [0.05, 0.1) is 0 Å². The molecule has 0 saturated heterocycles. The molecule has 3 rings (SSSR count). The predicted octanol–water partition coefficient (Wildman–Crippen LogP) is 4.45. The Bertz CT molecular complexity index is 667. The van der Waals surface area contributed by atoms with E-state index in [1.54, 1.807) is 0 Å². The third-order valence-electron chi connectivity index (χ3n) is 3.95. The molecule has 0 bridgehead atoms. The summed E-state index contributed by atoms with van der Waals surface area (Å²) >= 11 is 12.6. The molecule has 1 saturated carbocycles. The number of carbonyl (C=O) groups excluding carboxylic acids is 1. The van der Waals surface area contributed by atoms with E-state index in [9.17, 15) is 4.79 Å². The molecule has 1 aliphatic carbocycles. The van der Waals surface area contributed by atoms with E-state index >= 15 is 0 Å². The van der Waals surface area contributed by atoms with Gasteiger partial charge < -0.3 is 5.32 Å². The zero-order valence-electron chi connectivity index (χ0n) is 11.6. The van der Waals surface area contributed by atoms with E-state index < -0.39 is 9.75 Å². The molecule has 2 aromatic carbocycles. The standard InChI is InChI=1S/C17H15Cl2NO/c1-12-7-9-14(10-8-12)20-15(21)16(11-17(16,18)19)13-5-3-2-4-6-13/h2-10H,11H2,1H3,(H,20,21). The molecule has 0 aromatic heterocycles. The molecule has 1 amide bonds. The first-order valence-corrected chi connectivity index (χ1v) is 7.53. The molecule has 1 unspecified atom stereocenters. The number of benzene rings is 2. The van der Waals surface area contributed by atoms with Gasteiger partial charge in [0, 0.05) is 12.1 Å².